The fourth-order valence-electron chi connectivity index (χ4n) is 2.32. The summed E-state index contributed by atoms with van der Waals surface area (Å²) in [4.78, 5) is 37.8. The van der Waals surface area contributed by atoms with Crippen molar-refractivity contribution in [1.29, 1.82) is 0 Å². The topological polar surface area (TPSA) is 160 Å². The van der Waals surface area contributed by atoms with Crippen molar-refractivity contribution >= 4 is 17.8 Å². The van der Waals surface area contributed by atoms with Crippen molar-refractivity contribution in [3.63, 3.8) is 0 Å². The van der Waals surface area contributed by atoms with Gasteiger partial charge in [-0.05, 0) is 0 Å². The predicted molar refractivity (Wildman–Crippen MR) is 73.6 cm³/mol. The molecule has 2 heterocycles. The van der Waals surface area contributed by atoms with Gasteiger partial charge in [-0.3, -0.25) is 14.5 Å². The molecule has 4 N–H and O–H groups in total. The molecule has 2 rings (SSSR count). The number of amides is 1. The van der Waals surface area contributed by atoms with Gasteiger partial charge in [0.1, 0.15) is 0 Å². The van der Waals surface area contributed by atoms with Crippen LogP contribution >= 0.6 is 0 Å². The van der Waals surface area contributed by atoms with Gasteiger partial charge in [0.2, 0.25) is 5.91 Å². The Bertz CT molecular complexity index is 516. The molecule has 1 amide bonds. The monoisotopic (exact) mass is 348 g/mol. The van der Waals surface area contributed by atoms with E-state index in [1.54, 1.807) is 4.90 Å². The predicted octanol–water partition coefficient (Wildman–Crippen LogP) is -3.67. The average molecular weight is 348 g/mol. The molecular formula is C13H20N2O9. The number of carbonyl (C=O) groups is 3. The second-order valence-electron chi connectivity index (χ2n) is 5.56. The van der Waals surface area contributed by atoms with Gasteiger partial charge in [-0.1, -0.05) is 0 Å². The summed E-state index contributed by atoms with van der Waals surface area (Å²) in [6.45, 7) is 2.72. The highest BCUT2D eigenvalue weighted by molar-refractivity contribution is 5.92. The fourth-order valence-corrected chi connectivity index (χ4v) is 2.32. The number of piperazine rings is 1. The largest absolute Gasteiger partial charge is 0.409 e. The van der Waals surface area contributed by atoms with Crippen molar-refractivity contribution in [2.24, 2.45) is 0 Å². The van der Waals surface area contributed by atoms with Crippen molar-refractivity contribution < 1.29 is 44.3 Å². The van der Waals surface area contributed by atoms with Gasteiger partial charge in [-0.25, -0.2) is 4.79 Å². The lowest BCUT2D eigenvalue weighted by atomic mass is 10.2. The molecule has 2 aliphatic rings. The highest BCUT2D eigenvalue weighted by Gasteiger charge is 2.75. The van der Waals surface area contributed by atoms with E-state index in [-0.39, 0.29) is 18.9 Å². The molecular weight excluding hydrogens is 328 g/mol. The first kappa shape index (κ1) is 18.5. The number of esters is 1. The number of aliphatic hydroxyl groups excluding tert-OH is 1. The number of hydrogen-bond acceptors (Lipinski definition) is 10. The maximum absolute atomic E-state index is 12.0. The van der Waals surface area contributed by atoms with E-state index in [4.69, 9.17) is 5.11 Å². The van der Waals surface area contributed by atoms with Crippen molar-refractivity contribution in [2.45, 2.75) is 24.6 Å². The lowest BCUT2D eigenvalue weighted by Crippen LogP contribution is -2.50. The zero-order valence-electron chi connectivity index (χ0n) is 12.9. The maximum Gasteiger partial charge on any atom is 0.407 e. The first-order valence-corrected chi connectivity index (χ1v) is 7.43. The van der Waals surface area contributed by atoms with Crippen LogP contribution in [-0.4, -0.2) is 99.2 Å². The summed E-state index contributed by atoms with van der Waals surface area (Å²) in [5, 5.41) is 36.8. The van der Waals surface area contributed by atoms with Gasteiger partial charge >= 0.3 is 23.7 Å². The second-order valence-corrected chi connectivity index (χ2v) is 5.56. The minimum absolute atomic E-state index is 0.0441. The maximum atomic E-state index is 12.0. The summed E-state index contributed by atoms with van der Waals surface area (Å²) in [6.07, 6.45) is -0.676. The Labute approximate surface area is 137 Å². The van der Waals surface area contributed by atoms with Crippen LogP contribution in [0.5, 0.6) is 0 Å². The van der Waals surface area contributed by atoms with Crippen molar-refractivity contribution in [3.05, 3.63) is 0 Å². The summed E-state index contributed by atoms with van der Waals surface area (Å²) in [6, 6.07) is 0. The van der Waals surface area contributed by atoms with Crippen LogP contribution in [-0.2, 0) is 23.9 Å². The Kier molecular flexibility index (Phi) is 5.40. The third-order valence-electron chi connectivity index (χ3n) is 3.86. The molecule has 11 nitrogen and oxygen atoms in total. The van der Waals surface area contributed by atoms with E-state index in [1.807, 2.05) is 4.90 Å². The quantitative estimate of drug-likeness (QED) is 0.205. The zero-order valence-corrected chi connectivity index (χ0v) is 12.9. The summed E-state index contributed by atoms with van der Waals surface area (Å²) < 4.78 is 8.15. The molecule has 0 bridgehead atoms. The van der Waals surface area contributed by atoms with Crippen LogP contribution < -0.4 is 0 Å². The molecule has 1 unspecified atom stereocenters. The van der Waals surface area contributed by atoms with Crippen LogP contribution in [0.2, 0.25) is 0 Å². The summed E-state index contributed by atoms with van der Waals surface area (Å²) >= 11 is 0. The van der Waals surface area contributed by atoms with Gasteiger partial charge in [-0.15, -0.1) is 0 Å². The summed E-state index contributed by atoms with van der Waals surface area (Å²) in [5.41, 5.74) is 0. The highest BCUT2D eigenvalue weighted by atomic mass is 16.9. The van der Waals surface area contributed by atoms with Crippen LogP contribution in [0.3, 0.4) is 0 Å². The number of β-amino-alcohol motifs (C(OH)–C–C–N with tert-alkyl or cyclic N) is 1. The number of ether oxygens (including phenoxy) is 2. The van der Waals surface area contributed by atoms with Crippen molar-refractivity contribution in [2.75, 3.05) is 39.3 Å². The molecule has 0 aliphatic carbocycles. The van der Waals surface area contributed by atoms with Crippen LogP contribution in [0.15, 0.2) is 0 Å². The first-order chi connectivity index (χ1) is 11.2. The van der Waals surface area contributed by atoms with Crippen LogP contribution in [0.1, 0.15) is 12.8 Å². The van der Waals surface area contributed by atoms with E-state index in [1.165, 1.54) is 0 Å². The van der Waals surface area contributed by atoms with Gasteiger partial charge in [-0.2, -0.15) is 0 Å². The van der Waals surface area contributed by atoms with E-state index >= 15 is 0 Å². The Hall–Kier alpha value is -1.79. The smallest absolute Gasteiger partial charge is 0.407 e. The van der Waals surface area contributed by atoms with Gasteiger partial charge < -0.3 is 34.8 Å². The first-order valence-electron chi connectivity index (χ1n) is 7.43. The normalized spacial score (nSPS) is 24.5. The number of cyclic esters (lactones) is 1. The fraction of sp³-hybridized carbons (Fsp3) is 0.769. The molecule has 1 atom stereocenters. The van der Waals surface area contributed by atoms with E-state index in [2.05, 4.69) is 9.47 Å². The molecule has 0 aromatic carbocycles. The number of hydrogen-bond donors (Lipinski definition) is 4. The van der Waals surface area contributed by atoms with E-state index in [0.717, 1.165) is 0 Å². The lowest BCUT2D eigenvalue weighted by molar-refractivity contribution is -0.385. The minimum Gasteiger partial charge on any atom is -0.409 e. The Morgan fingerprint density at radius 2 is 1.79 bits per heavy atom. The highest BCUT2D eigenvalue weighted by Crippen LogP contribution is 2.36. The lowest BCUT2D eigenvalue weighted by Gasteiger charge is -2.34. The van der Waals surface area contributed by atoms with Crippen LogP contribution in [0.4, 0.5) is 0 Å². The molecule has 2 fully saturated rings. The number of rotatable bonds is 7. The Morgan fingerprint density at radius 1 is 1.21 bits per heavy atom. The number of aliphatic hydroxyl groups is 4. The molecule has 2 saturated heterocycles. The SMILES string of the molecule is O=C(CCC(=O)N1CCN(CCO)CC1)OC(O)(O)C1(O)OC1=O. The van der Waals surface area contributed by atoms with E-state index < -0.39 is 30.1 Å². The van der Waals surface area contributed by atoms with Gasteiger partial charge in [0, 0.05) is 39.1 Å². The molecule has 2 aliphatic heterocycles. The third kappa shape index (κ3) is 3.99. The third-order valence-corrected chi connectivity index (χ3v) is 3.86. The standard InChI is InChI=1S/C13H20N2O9/c16-8-7-14-3-5-15(6-4-14)9(17)1-2-10(18)23-13(21,22)12(20)11(19)24-12/h16,20-22H,1-8H2. The molecule has 0 aromatic rings. The molecule has 0 aromatic heterocycles. The summed E-state index contributed by atoms with van der Waals surface area (Å²) in [5.74, 6) is -9.30. The molecule has 0 saturated carbocycles. The van der Waals surface area contributed by atoms with Crippen LogP contribution in [0.25, 0.3) is 0 Å². The Morgan fingerprint density at radius 3 is 2.29 bits per heavy atom. The second kappa shape index (κ2) is 6.99. The average Bonchev–Trinajstić information content (AvgIpc) is 3.15. The number of nitrogens with zero attached hydrogens (tertiary/aromatic N) is 2. The number of carbonyl (C=O) groups excluding carboxylic acids is 3. The molecule has 136 valence electrons. The van der Waals surface area contributed by atoms with E-state index in [0.29, 0.717) is 32.7 Å². The minimum atomic E-state index is -3.50. The summed E-state index contributed by atoms with van der Waals surface area (Å²) in [7, 11) is 0. The molecule has 0 radical (unpaired) electrons. The van der Waals surface area contributed by atoms with Crippen molar-refractivity contribution in [1.82, 2.24) is 9.80 Å². The van der Waals surface area contributed by atoms with Gasteiger partial charge in [0.25, 0.3) is 0 Å². The van der Waals surface area contributed by atoms with Crippen molar-refractivity contribution in [3.8, 4) is 0 Å². The zero-order chi connectivity index (χ0) is 18.0. The molecule has 11 heteroatoms. The van der Waals surface area contributed by atoms with E-state index in [9.17, 15) is 29.7 Å². The van der Waals surface area contributed by atoms with Gasteiger partial charge in [0.05, 0.1) is 13.0 Å². The Balaban J connectivity index is 1.72. The number of epoxide rings is 1. The molecule has 0 spiro atoms. The molecule has 24 heavy (non-hydrogen) atoms. The van der Waals surface area contributed by atoms with Crippen LogP contribution in [0, 0.1) is 0 Å². The van der Waals surface area contributed by atoms with Gasteiger partial charge in [0.15, 0.2) is 0 Å².